The smallest absolute Gasteiger partial charge is 0.330 e. The van der Waals surface area contributed by atoms with Crippen molar-refractivity contribution in [1.29, 1.82) is 0 Å². The van der Waals surface area contributed by atoms with Crippen LogP contribution in [0.5, 0.6) is 0 Å². The molecule has 0 bridgehead atoms. The molecule has 2 aliphatic rings. The molecular formula is C12H16O6. The molecule has 1 N–H and O–H groups in total. The van der Waals surface area contributed by atoms with E-state index in [1.165, 1.54) is 6.08 Å². The maximum Gasteiger partial charge on any atom is 0.330 e. The van der Waals surface area contributed by atoms with Gasteiger partial charge >= 0.3 is 11.9 Å². The van der Waals surface area contributed by atoms with Crippen molar-refractivity contribution in [3.05, 3.63) is 12.2 Å². The summed E-state index contributed by atoms with van der Waals surface area (Å²) in [6, 6.07) is 0. The highest BCUT2D eigenvalue weighted by molar-refractivity contribution is 5.83. The van der Waals surface area contributed by atoms with Crippen LogP contribution in [-0.2, 0) is 23.8 Å². The lowest BCUT2D eigenvalue weighted by molar-refractivity contribution is -0.158. The number of aliphatic hydroxyl groups is 1. The van der Waals surface area contributed by atoms with E-state index in [0.29, 0.717) is 0 Å². The Balaban J connectivity index is 2.02. The highest BCUT2D eigenvalue weighted by Gasteiger charge is 2.41. The van der Waals surface area contributed by atoms with E-state index in [4.69, 9.17) is 14.2 Å². The number of aliphatic hydroxyl groups excluding tert-OH is 1. The first-order chi connectivity index (χ1) is 8.47. The van der Waals surface area contributed by atoms with E-state index >= 15 is 0 Å². The first-order valence-electron chi connectivity index (χ1n) is 5.89. The molecule has 0 aromatic carbocycles. The minimum atomic E-state index is -0.799. The summed E-state index contributed by atoms with van der Waals surface area (Å²) in [6.07, 6.45) is 0.142. The van der Waals surface area contributed by atoms with Crippen molar-refractivity contribution < 1.29 is 28.9 Å². The summed E-state index contributed by atoms with van der Waals surface area (Å²) < 4.78 is 15.7. The average Bonchev–Trinajstić information content (AvgIpc) is 2.64. The minimum absolute atomic E-state index is 0.0978. The average molecular weight is 256 g/mol. The van der Waals surface area contributed by atoms with E-state index in [9.17, 15) is 14.7 Å². The second-order valence-electron chi connectivity index (χ2n) is 4.54. The van der Waals surface area contributed by atoms with Gasteiger partial charge in [-0.3, -0.25) is 4.79 Å². The van der Waals surface area contributed by atoms with E-state index < -0.39 is 42.5 Å². The Bertz CT molecular complexity index is 375. The molecule has 1 saturated heterocycles. The molecule has 0 spiro atoms. The van der Waals surface area contributed by atoms with Crippen LogP contribution in [0.1, 0.15) is 20.3 Å². The van der Waals surface area contributed by atoms with E-state index in [0.717, 1.165) is 0 Å². The molecule has 0 aromatic heterocycles. The van der Waals surface area contributed by atoms with Crippen molar-refractivity contribution in [2.45, 2.75) is 50.8 Å². The minimum Gasteiger partial charge on any atom is -0.457 e. The predicted octanol–water partition coefficient (Wildman–Crippen LogP) is -0.0620. The molecule has 0 saturated carbocycles. The van der Waals surface area contributed by atoms with Crippen molar-refractivity contribution in [3.8, 4) is 0 Å². The zero-order chi connectivity index (χ0) is 13.3. The van der Waals surface area contributed by atoms with Gasteiger partial charge in [0.15, 0.2) is 6.10 Å². The van der Waals surface area contributed by atoms with Gasteiger partial charge in [0.25, 0.3) is 0 Å². The van der Waals surface area contributed by atoms with E-state index in [1.807, 2.05) is 0 Å². The zero-order valence-corrected chi connectivity index (χ0v) is 10.2. The van der Waals surface area contributed by atoms with Gasteiger partial charge in [0, 0.05) is 6.08 Å². The summed E-state index contributed by atoms with van der Waals surface area (Å²) in [4.78, 5) is 22.2. The molecule has 6 nitrogen and oxygen atoms in total. The van der Waals surface area contributed by atoms with Gasteiger partial charge in [-0.2, -0.15) is 0 Å². The van der Waals surface area contributed by atoms with E-state index in [2.05, 4.69) is 0 Å². The maximum atomic E-state index is 11.2. The summed E-state index contributed by atoms with van der Waals surface area (Å²) in [6.45, 7) is 3.25. The number of esters is 2. The van der Waals surface area contributed by atoms with Crippen molar-refractivity contribution in [2.24, 2.45) is 0 Å². The van der Waals surface area contributed by atoms with E-state index in [1.54, 1.807) is 19.9 Å². The fourth-order valence-electron chi connectivity index (χ4n) is 2.07. The lowest BCUT2D eigenvalue weighted by atomic mass is 10.1. The van der Waals surface area contributed by atoms with Gasteiger partial charge in [0.05, 0.1) is 12.5 Å². The van der Waals surface area contributed by atoms with Crippen molar-refractivity contribution in [2.75, 3.05) is 0 Å². The topological polar surface area (TPSA) is 82.1 Å². The van der Waals surface area contributed by atoms with Crippen molar-refractivity contribution in [1.82, 2.24) is 0 Å². The normalized spacial score (nSPS) is 37.3. The Morgan fingerprint density at radius 3 is 2.78 bits per heavy atom. The molecule has 2 heterocycles. The van der Waals surface area contributed by atoms with Gasteiger partial charge in [-0.05, 0) is 19.9 Å². The Morgan fingerprint density at radius 2 is 2.17 bits per heavy atom. The summed E-state index contributed by atoms with van der Waals surface area (Å²) in [5.41, 5.74) is 0. The van der Waals surface area contributed by atoms with Crippen LogP contribution in [0.2, 0.25) is 0 Å². The van der Waals surface area contributed by atoms with Crippen molar-refractivity contribution in [3.63, 3.8) is 0 Å². The van der Waals surface area contributed by atoms with Gasteiger partial charge in [0.2, 0.25) is 0 Å². The van der Waals surface area contributed by atoms with Gasteiger partial charge in [-0.1, -0.05) is 0 Å². The van der Waals surface area contributed by atoms with Crippen LogP contribution >= 0.6 is 0 Å². The lowest BCUT2D eigenvalue weighted by Gasteiger charge is -2.29. The standard InChI is InChI=1S/C12H16O6/c1-6(13)12-9(5-11(15)18-12)17-8-3-4-10(14)16-7(8)2/h3-4,6-9,12-13H,5H2,1-2H3/t6-,7-,8-,9+,12+/m0/s1. The van der Waals surface area contributed by atoms with Crippen LogP contribution in [0.25, 0.3) is 0 Å². The molecule has 6 heteroatoms. The molecule has 100 valence electrons. The zero-order valence-electron chi connectivity index (χ0n) is 10.2. The number of carbonyl (C=O) groups excluding carboxylic acids is 2. The molecule has 2 aliphatic heterocycles. The molecule has 5 atom stereocenters. The van der Waals surface area contributed by atoms with Crippen LogP contribution in [-0.4, -0.2) is 47.6 Å². The molecular weight excluding hydrogens is 240 g/mol. The molecule has 1 fully saturated rings. The van der Waals surface area contributed by atoms with Gasteiger partial charge in [0.1, 0.15) is 18.3 Å². The Hall–Kier alpha value is -1.40. The first kappa shape index (κ1) is 13.0. The number of cyclic esters (lactones) is 2. The predicted molar refractivity (Wildman–Crippen MR) is 59.5 cm³/mol. The molecule has 0 aromatic rings. The van der Waals surface area contributed by atoms with Crippen LogP contribution < -0.4 is 0 Å². The number of hydrogen-bond acceptors (Lipinski definition) is 6. The third-order valence-electron chi connectivity index (χ3n) is 3.00. The third kappa shape index (κ3) is 2.70. The Kier molecular flexibility index (Phi) is 3.68. The molecule has 18 heavy (non-hydrogen) atoms. The Morgan fingerprint density at radius 1 is 1.44 bits per heavy atom. The summed E-state index contributed by atoms with van der Waals surface area (Å²) in [5, 5.41) is 9.52. The van der Waals surface area contributed by atoms with E-state index in [-0.39, 0.29) is 6.42 Å². The highest BCUT2D eigenvalue weighted by Crippen LogP contribution is 2.25. The molecule has 0 amide bonds. The number of ether oxygens (including phenoxy) is 3. The molecule has 0 radical (unpaired) electrons. The summed E-state index contributed by atoms with van der Waals surface area (Å²) in [7, 11) is 0. The molecule has 2 rings (SSSR count). The second kappa shape index (κ2) is 5.07. The van der Waals surface area contributed by atoms with Crippen LogP contribution in [0.15, 0.2) is 12.2 Å². The summed E-state index contributed by atoms with van der Waals surface area (Å²) >= 11 is 0. The fraction of sp³-hybridized carbons (Fsp3) is 0.667. The molecule has 0 aliphatic carbocycles. The van der Waals surface area contributed by atoms with Crippen molar-refractivity contribution >= 4 is 11.9 Å². The number of rotatable bonds is 3. The van der Waals surface area contributed by atoms with Crippen LogP contribution in [0, 0.1) is 0 Å². The third-order valence-corrected chi connectivity index (χ3v) is 3.00. The second-order valence-corrected chi connectivity index (χ2v) is 4.54. The van der Waals surface area contributed by atoms with Crippen LogP contribution in [0.3, 0.4) is 0 Å². The summed E-state index contributed by atoms with van der Waals surface area (Å²) in [5.74, 6) is -0.802. The Labute approximate surface area is 105 Å². The van der Waals surface area contributed by atoms with Gasteiger partial charge in [-0.25, -0.2) is 4.79 Å². The molecule has 0 unspecified atom stereocenters. The lowest BCUT2D eigenvalue weighted by Crippen LogP contribution is -2.41. The van der Waals surface area contributed by atoms with Gasteiger partial charge < -0.3 is 19.3 Å². The monoisotopic (exact) mass is 256 g/mol. The first-order valence-corrected chi connectivity index (χ1v) is 5.89. The quantitative estimate of drug-likeness (QED) is 0.712. The number of hydrogen-bond donors (Lipinski definition) is 1. The highest BCUT2D eigenvalue weighted by atomic mass is 16.6. The number of carbonyl (C=O) groups is 2. The maximum absolute atomic E-state index is 11.2. The SMILES string of the molecule is C[C@H](O)[C@H]1OC(=O)C[C@H]1O[C@H]1C=CC(=O)O[C@H]1C. The van der Waals surface area contributed by atoms with Crippen LogP contribution in [0.4, 0.5) is 0 Å². The largest absolute Gasteiger partial charge is 0.457 e. The fourth-order valence-corrected chi connectivity index (χ4v) is 2.07. The van der Waals surface area contributed by atoms with Gasteiger partial charge in [-0.15, -0.1) is 0 Å².